The van der Waals surface area contributed by atoms with Gasteiger partial charge in [0.25, 0.3) is 0 Å². The molecule has 92 valence electrons. The summed E-state index contributed by atoms with van der Waals surface area (Å²) in [6.45, 7) is 1.06. The molecule has 0 aliphatic rings. The number of esters is 1. The van der Waals surface area contributed by atoms with E-state index in [1.807, 2.05) is 30.3 Å². The van der Waals surface area contributed by atoms with Crippen LogP contribution in [-0.4, -0.2) is 18.4 Å². The van der Waals surface area contributed by atoms with Gasteiger partial charge in [-0.3, -0.25) is 9.59 Å². The van der Waals surface area contributed by atoms with Crippen LogP contribution in [0.2, 0.25) is 0 Å². The van der Waals surface area contributed by atoms with Crippen molar-refractivity contribution in [3.63, 3.8) is 0 Å². The summed E-state index contributed by atoms with van der Waals surface area (Å²) < 4.78 is 5.67. The summed E-state index contributed by atoms with van der Waals surface area (Å²) in [6.07, 6.45) is 0. The summed E-state index contributed by atoms with van der Waals surface area (Å²) >= 11 is 3.45. The molecule has 0 fully saturated rings. The van der Waals surface area contributed by atoms with Crippen LogP contribution < -0.4 is 0 Å². The Bertz CT molecular complexity index is 619. The van der Waals surface area contributed by atoms with Gasteiger partial charge in [0.1, 0.15) is 0 Å². The standard InChI is InChI=1S/C14H11BrO3/c1-9(16)18-8-14(17)12-6-2-5-11-10(12)4-3-7-13(11)15/h2-7H,8H2,1H3. The van der Waals surface area contributed by atoms with Gasteiger partial charge in [0.15, 0.2) is 6.61 Å². The predicted molar refractivity (Wildman–Crippen MR) is 72.6 cm³/mol. The molecule has 0 aromatic heterocycles. The summed E-state index contributed by atoms with van der Waals surface area (Å²) in [5.74, 6) is -0.654. The van der Waals surface area contributed by atoms with Gasteiger partial charge in [0, 0.05) is 17.0 Å². The molecule has 2 rings (SSSR count). The highest BCUT2D eigenvalue weighted by molar-refractivity contribution is 9.10. The van der Waals surface area contributed by atoms with Crippen molar-refractivity contribution in [3.05, 3.63) is 46.4 Å². The highest BCUT2D eigenvalue weighted by atomic mass is 79.9. The molecular weight excluding hydrogens is 296 g/mol. The van der Waals surface area contributed by atoms with Crippen LogP contribution in [0.25, 0.3) is 10.8 Å². The second-order valence-corrected chi connectivity index (χ2v) is 4.70. The minimum Gasteiger partial charge on any atom is -0.457 e. The summed E-state index contributed by atoms with van der Waals surface area (Å²) in [5, 5.41) is 1.82. The zero-order valence-corrected chi connectivity index (χ0v) is 11.4. The molecule has 0 heterocycles. The minimum atomic E-state index is -0.454. The fourth-order valence-electron chi connectivity index (χ4n) is 1.76. The smallest absolute Gasteiger partial charge is 0.303 e. The zero-order valence-electron chi connectivity index (χ0n) is 9.77. The van der Waals surface area contributed by atoms with E-state index < -0.39 is 5.97 Å². The molecule has 0 saturated carbocycles. The largest absolute Gasteiger partial charge is 0.457 e. The monoisotopic (exact) mass is 306 g/mol. The van der Waals surface area contributed by atoms with Crippen molar-refractivity contribution in [3.8, 4) is 0 Å². The number of carbonyl (C=O) groups is 2. The molecule has 0 N–H and O–H groups in total. The average Bonchev–Trinajstić information content (AvgIpc) is 2.36. The van der Waals surface area contributed by atoms with E-state index in [2.05, 4.69) is 15.9 Å². The Morgan fingerprint density at radius 3 is 2.50 bits per heavy atom. The first-order valence-electron chi connectivity index (χ1n) is 5.43. The molecule has 0 saturated heterocycles. The van der Waals surface area contributed by atoms with Crippen LogP contribution in [0, 0.1) is 0 Å². The lowest BCUT2D eigenvalue weighted by atomic mass is 10.0. The number of ether oxygens (including phenoxy) is 1. The number of hydrogen-bond acceptors (Lipinski definition) is 3. The highest BCUT2D eigenvalue weighted by Gasteiger charge is 2.12. The number of rotatable bonds is 3. The molecular formula is C14H11BrO3. The van der Waals surface area contributed by atoms with Gasteiger partial charge in [-0.05, 0) is 16.8 Å². The third kappa shape index (κ3) is 2.59. The topological polar surface area (TPSA) is 43.4 Å². The maximum atomic E-state index is 12.0. The van der Waals surface area contributed by atoms with Crippen LogP contribution in [0.1, 0.15) is 17.3 Å². The Kier molecular flexibility index (Phi) is 3.77. The Balaban J connectivity index is 2.42. The summed E-state index contributed by atoms with van der Waals surface area (Å²) in [7, 11) is 0. The molecule has 0 unspecified atom stereocenters. The van der Waals surface area contributed by atoms with Gasteiger partial charge in [0.2, 0.25) is 5.78 Å². The Morgan fingerprint density at radius 2 is 1.78 bits per heavy atom. The molecule has 18 heavy (non-hydrogen) atoms. The number of benzene rings is 2. The number of carbonyl (C=O) groups excluding carboxylic acids is 2. The van der Waals surface area contributed by atoms with Gasteiger partial charge in [-0.25, -0.2) is 0 Å². The molecule has 0 radical (unpaired) electrons. The Morgan fingerprint density at radius 1 is 1.11 bits per heavy atom. The normalized spacial score (nSPS) is 10.3. The van der Waals surface area contributed by atoms with Crippen molar-refractivity contribution < 1.29 is 14.3 Å². The predicted octanol–water partition coefficient (Wildman–Crippen LogP) is 3.35. The number of Topliss-reactive ketones (excluding diaryl/α,β-unsaturated/α-hetero) is 1. The van der Waals surface area contributed by atoms with Gasteiger partial charge < -0.3 is 4.74 Å². The van der Waals surface area contributed by atoms with Crippen LogP contribution in [0.3, 0.4) is 0 Å². The molecule has 0 aliphatic carbocycles. The third-order valence-corrected chi connectivity index (χ3v) is 3.27. The Hall–Kier alpha value is -1.68. The van der Waals surface area contributed by atoms with Crippen molar-refractivity contribution in [1.29, 1.82) is 0 Å². The van der Waals surface area contributed by atoms with Gasteiger partial charge in [-0.1, -0.05) is 46.3 Å². The van der Waals surface area contributed by atoms with E-state index in [1.54, 1.807) is 6.07 Å². The highest BCUT2D eigenvalue weighted by Crippen LogP contribution is 2.26. The number of ketones is 1. The summed E-state index contributed by atoms with van der Waals surface area (Å²) in [5.41, 5.74) is 0.565. The van der Waals surface area contributed by atoms with Crippen LogP contribution in [0.5, 0.6) is 0 Å². The van der Waals surface area contributed by atoms with Crippen LogP contribution in [-0.2, 0) is 9.53 Å². The molecule has 0 bridgehead atoms. The number of halogens is 1. The first-order valence-corrected chi connectivity index (χ1v) is 6.22. The van der Waals surface area contributed by atoms with Crippen LogP contribution in [0.4, 0.5) is 0 Å². The fraction of sp³-hybridized carbons (Fsp3) is 0.143. The van der Waals surface area contributed by atoms with Crippen molar-refractivity contribution >= 4 is 38.5 Å². The molecule has 0 aliphatic heterocycles. The van der Waals surface area contributed by atoms with E-state index in [0.717, 1.165) is 15.2 Å². The average molecular weight is 307 g/mol. The van der Waals surface area contributed by atoms with Gasteiger partial charge >= 0.3 is 5.97 Å². The summed E-state index contributed by atoms with van der Waals surface area (Å²) in [6, 6.07) is 11.1. The SMILES string of the molecule is CC(=O)OCC(=O)c1cccc2c(Br)cccc12. The van der Waals surface area contributed by atoms with Crippen LogP contribution in [0.15, 0.2) is 40.9 Å². The first kappa shape index (κ1) is 12.8. The quantitative estimate of drug-likeness (QED) is 0.645. The zero-order chi connectivity index (χ0) is 13.1. The minimum absolute atomic E-state index is 0.200. The molecule has 2 aromatic rings. The summed E-state index contributed by atoms with van der Waals surface area (Å²) in [4.78, 5) is 22.7. The second kappa shape index (κ2) is 5.31. The lowest BCUT2D eigenvalue weighted by Crippen LogP contribution is -2.12. The lowest BCUT2D eigenvalue weighted by Gasteiger charge is -2.07. The maximum absolute atomic E-state index is 12.0. The fourth-order valence-corrected chi connectivity index (χ4v) is 2.26. The van der Waals surface area contributed by atoms with Crippen molar-refractivity contribution in [1.82, 2.24) is 0 Å². The third-order valence-electron chi connectivity index (χ3n) is 2.58. The molecule has 3 nitrogen and oxygen atoms in total. The Labute approximate surface area is 113 Å². The van der Waals surface area contributed by atoms with Crippen molar-refractivity contribution in [2.24, 2.45) is 0 Å². The lowest BCUT2D eigenvalue weighted by molar-refractivity contribution is -0.139. The van der Waals surface area contributed by atoms with E-state index in [9.17, 15) is 9.59 Å². The van der Waals surface area contributed by atoms with Crippen LogP contribution >= 0.6 is 15.9 Å². The van der Waals surface area contributed by atoms with E-state index >= 15 is 0 Å². The molecule has 4 heteroatoms. The van der Waals surface area contributed by atoms with Crippen molar-refractivity contribution in [2.45, 2.75) is 6.92 Å². The van der Waals surface area contributed by atoms with Gasteiger partial charge in [-0.2, -0.15) is 0 Å². The molecule has 0 spiro atoms. The van der Waals surface area contributed by atoms with E-state index in [1.165, 1.54) is 6.92 Å². The van der Waals surface area contributed by atoms with Gasteiger partial charge in [0.05, 0.1) is 0 Å². The van der Waals surface area contributed by atoms with Crippen molar-refractivity contribution in [2.75, 3.05) is 6.61 Å². The molecule has 2 aromatic carbocycles. The number of hydrogen-bond donors (Lipinski definition) is 0. The van der Waals surface area contributed by atoms with E-state index in [-0.39, 0.29) is 12.4 Å². The molecule has 0 atom stereocenters. The first-order chi connectivity index (χ1) is 8.59. The van der Waals surface area contributed by atoms with Gasteiger partial charge in [-0.15, -0.1) is 0 Å². The molecule has 0 amide bonds. The van der Waals surface area contributed by atoms with E-state index in [4.69, 9.17) is 4.74 Å². The second-order valence-electron chi connectivity index (χ2n) is 3.84. The maximum Gasteiger partial charge on any atom is 0.303 e. The number of fused-ring (bicyclic) bond motifs is 1. The van der Waals surface area contributed by atoms with E-state index in [0.29, 0.717) is 5.56 Å².